The maximum Gasteiger partial charge on any atom is 0.172 e. The number of nitrogens with zero attached hydrogens (tertiary/aromatic N) is 4. The summed E-state index contributed by atoms with van der Waals surface area (Å²) in [5.74, 6) is 0. The Morgan fingerprint density at radius 2 is 1.12 bits per heavy atom. The van der Waals surface area contributed by atoms with E-state index in [0.717, 1.165) is 0 Å². The van der Waals surface area contributed by atoms with Crippen molar-refractivity contribution >= 4 is 23.6 Å². The molecule has 1 rings (SSSR count). The third-order valence-electron chi connectivity index (χ3n) is 3.12. The molecule has 0 amide bonds. The summed E-state index contributed by atoms with van der Waals surface area (Å²) in [5.41, 5.74) is 4.76. The molecule has 0 fully saturated rings. The topological polar surface area (TPSA) is 12.5 Å². The highest BCUT2D eigenvalue weighted by molar-refractivity contribution is 6.10. The summed E-state index contributed by atoms with van der Waals surface area (Å²) in [7, 11) is 16.4. The van der Waals surface area contributed by atoms with Gasteiger partial charge in [0.25, 0.3) is 0 Å². The Balaban J connectivity index is 3.43. The average molecular weight is 329 g/mol. The van der Waals surface area contributed by atoms with Gasteiger partial charge in [-0.25, -0.2) is 9.15 Å². The third kappa shape index (κ3) is 6.82. The zero-order valence-corrected chi connectivity index (χ0v) is 16.4. The second-order valence-electron chi connectivity index (χ2n) is 6.86. The molecule has 0 heterocycles. The number of hydrogen-bond acceptors (Lipinski definition) is 2. The Hall–Kier alpha value is -2.36. The summed E-state index contributed by atoms with van der Waals surface area (Å²) >= 11 is 0. The fraction of sp³-hybridized carbons (Fsp3) is 0.400. The minimum absolute atomic E-state index is 1.18. The number of hydrogen-bond donors (Lipinski definition) is 0. The van der Waals surface area contributed by atoms with Crippen LogP contribution in [0.15, 0.2) is 36.7 Å². The van der Waals surface area contributed by atoms with Gasteiger partial charge in [-0.05, 0) is 17.2 Å². The monoisotopic (exact) mass is 328 g/mol. The highest BCUT2D eigenvalue weighted by Gasteiger charge is 2.09. The van der Waals surface area contributed by atoms with E-state index in [1.807, 2.05) is 56.4 Å². The Kier molecular flexibility index (Phi) is 7.43. The van der Waals surface area contributed by atoms with Crippen LogP contribution in [0.25, 0.3) is 11.1 Å². The van der Waals surface area contributed by atoms with Crippen molar-refractivity contribution in [2.45, 2.75) is 0 Å². The van der Waals surface area contributed by atoms with E-state index in [4.69, 9.17) is 0 Å². The van der Waals surface area contributed by atoms with Crippen LogP contribution in [0.3, 0.4) is 0 Å². The van der Waals surface area contributed by atoms with Crippen LogP contribution >= 0.6 is 0 Å². The van der Waals surface area contributed by atoms with Gasteiger partial charge in [0.05, 0.1) is 11.1 Å². The van der Waals surface area contributed by atoms with Crippen molar-refractivity contribution in [2.75, 3.05) is 56.4 Å². The van der Waals surface area contributed by atoms with Crippen LogP contribution in [-0.2, 0) is 0 Å². The zero-order valence-electron chi connectivity index (χ0n) is 16.4. The summed E-state index contributed by atoms with van der Waals surface area (Å²) in [6.45, 7) is 0. The van der Waals surface area contributed by atoms with Gasteiger partial charge in [0, 0.05) is 40.6 Å². The predicted octanol–water partition coefficient (Wildman–Crippen LogP) is 2.18. The molecule has 0 aliphatic heterocycles. The fourth-order valence-corrected chi connectivity index (χ4v) is 2.36. The smallest absolute Gasteiger partial charge is 0.172 e. The largest absolute Gasteiger partial charge is 0.383 e. The Morgan fingerprint density at radius 1 is 0.750 bits per heavy atom. The van der Waals surface area contributed by atoms with Crippen molar-refractivity contribution in [3.63, 3.8) is 0 Å². The van der Waals surface area contributed by atoms with Crippen molar-refractivity contribution in [2.24, 2.45) is 0 Å². The fourth-order valence-electron chi connectivity index (χ4n) is 2.36. The molecule has 4 nitrogen and oxygen atoms in total. The standard InChI is InChI=1S/C20H32N4/c1-21(2)13-19(14-22(3)4)17-10-9-11-18(12-17)20(15-23(5)6)16-24(7)8/h9-16H,1-8H3/q+2. The van der Waals surface area contributed by atoms with Crippen LogP contribution in [0.2, 0.25) is 0 Å². The van der Waals surface area contributed by atoms with E-state index in [-0.39, 0.29) is 0 Å². The van der Waals surface area contributed by atoms with Gasteiger partial charge in [0.2, 0.25) is 0 Å². The lowest BCUT2D eigenvalue weighted by molar-refractivity contribution is -0.458. The molecular formula is C20H32N4+2. The van der Waals surface area contributed by atoms with Gasteiger partial charge in [-0.1, -0.05) is 18.2 Å². The lowest BCUT2D eigenvalue weighted by Gasteiger charge is -2.11. The minimum Gasteiger partial charge on any atom is -0.383 e. The second-order valence-corrected chi connectivity index (χ2v) is 6.86. The van der Waals surface area contributed by atoms with Gasteiger partial charge in [-0.2, -0.15) is 0 Å². The molecule has 0 aliphatic rings. The molecule has 0 N–H and O–H groups in total. The van der Waals surface area contributed by atoms with Gasteiger partial charge < -0.3 is 9.80 Å². The van der Waals surface area contributed by atoms with Crippen molar-refractivity contribution in [3.05, 3.63) is 47.8 Å². The molecule has 0 aromatic heterocycles. The number of rotatable bonds is 6. The van der Waals surface area contributed by atoms with E-state index < -0.39 is 0 Å². The van der Waals surface area contributed by atoms with Gasteiger partial charge in [-0.15, -0.1) is 0 Å². The second kappa shape index (κ2) is 9.06. The van der Waals surface area contributed by atoms with E-state index in [1.54, 1.807) is 0 Å². The van der Waals surface area contributed by atoms with Gasteiger partial charge in [-0.3, -0.25) is 0 Å². The summed E-state index contributed by atoms with van der Waals surface area (Å²) < 4.78 is 4.15. The first kappa shape index (κ1) is 19.7. The Labute approximate surface area is 147 Å². The summed E-state index contributed by atoms with van der Waals surface area (Å²) in [4.78, 5) is 4.15. The molecule has 1 aromatic carbocycles. The molecule has 0 bridgehead atoms. The lowest BCUT2D eigenvalue weighted by atomic mass is 10.0. The SMILES string of the molecule is CN(C)/C=C(\C=[N+](C)C)c1cccc(/C(C=[N+](C)C)=C/N(C)C)c1. The van der Waals surface area contributed by atoms with Crippen LogP contribution in [-0.4, -0.2) is 87.8 Å². The molecule has 130 valence electrons. The molecule has 4 heteroatoms. The van der Waals surface area contributed by atoms with E-state index in [9.17, 15) is 0 Å². The third-order valence-corrected chi connectivity index (χ3v) is 3.12. The predicted molar refractivity (Wildman–Crippen MR) is 106 cm³/mol. The first-order valence-corrected chi connectivity index (χ1v) is 8.09. The maximum absolute atomic E-state index is 2.24. The van der Waals surface area contributed by atoms with Crippen LogP contribution in [0.4, 0.5) is 0 Å². The van der Waals surface area contributed by atoms with Gasteiger partial charge >= 0.3 is 0 Å². The summed E-state index contributed by atoms with van der Waals surface area (Å²) in [6.07, 6.45) is 8.57. The number of allylic oxidation sites excluding steroid dienone is 2. The number of benzene rings is 1. The van der Waals surface area contributed by atoms with Gasteiger partial charge in [0.15, 0.2) is 12.4 Å². The zero-order chi connectivity index (χ0) is 18.3. The van der Waals surface area contributed by atoms with Crippen molar-refractivity contribution in [1.29, 1.82) is 0 Å². The molecule has 24 heavy (non-hydrogen) atoms. The van der Waals surface area contributed by atoms with Crippen LogP contribution in [0.1, 0.15) is 11.1 Å². The molecule has 0 saturated heterocycles. The van der Waals surface area contributed by atoms with E-state index in [1.165, 1.54) is 22.3 Å². The molecule has 0 atom stereocenters. The highest BCUT2D eigenvalue weighted by atomic mass is 15.0. The van der Waals surface area contributed by atoms with Crippen molar-refractivity contribution in [3.8, 4) is 0 Å². The van der Waals surface area contributed by atoms with Crippen molar-refractivity contribution < 1.29 is 9.15 Å². The molecule has 0 radical (unpaired) electrons. The lowest BCUT2D eigenvalue weighted by Crippen LogP contribution is -2.08. The summed E-state index contributed by atoms with van der Waals surface area (Å²) in [5, 5.41) is 0. The molecule has 0 aliphatic carbocycles. The normalized spacial score (nSPS) is 11.8. The average Bonchev–Trinajstić information content (AvgIpc) is 2.44. The summed E-state index contributed by atoms with van der Waals surface area (Å²) in [6, 6.07) is 8.67. The molecule has 0 unspecified atom stereocenters. The Bertz CT molecular complexity index is 613. The van der Waals surface area contributed by atoms with Crippen LogP contribution < -0.4 is 0 Å². The van der Waals surface area contributed by atoms with Crippen molar-refractivity contribution in [1.82, 2.24) is 9.80 Å². The molecule has 0 spiro atoms. The molecule has 1 aromatic rings. The van der Waals surface area contributed by atoms with Crippen LogP contribution in [0, 0.1) is 0 Å². The van der Waals surface area contributed by atoms with E-state index in [2.05, 4.69) is 68.0 Å². The molecular weight excluding hydrogens is 296 g/mol. The molecule has 0 saturated carbocycles. The highest BCUT2D eigenvalue weighted by Crippen LogP contribution is 2.20. The minimum atomic E-state index is 1.18. The maximum atomic E-state index is 2.24. The van der Waals surface area contributed by atoms with Gasteiger partial charge in [0.1, 0.15) is 28.2 Å². The quantitative estimate of drug-likeness (QED) is 0.586. The van der Waals surface area contributed by atoms with Crippen LogP contribution in [0.5, 0.6) is 0 Å². The first-order chi connectivity index (χ1) is 11.2. The first-order valence-electron chi connectivity index (χ1n) is 8.09. The van der Waals surface area contributed by atoms with E-state index in [0.29, 0.717) is 0 Å². The Morgan fingerprint density at radius 3 is 1.42 bits per heavy atom. The van der Waals surface area contributed by atoms with E-state index >= 15 is 0 Å².